The molecule has 0 aliphatic rings. The van der Waals surface area contributed by atoms with Gasteiger partial charge in [-0.2, -0.15) is 0 Å². The van der Waals surface area contributed by atoms with Gasteiger partial charge >= 0.3 is 0 Å². The molecule has 2 aromatic heterocycles. The van der Waals surface area contributed by atoms with E-state index >= 15 is 0 Å². The second-order valence-corrected chi connectivity index (χ2v) is 11.2. The molecule has 5 nitrogen and oxygen atoms in total. The van der Waals surface area contributed by atoms with E-state index in [2.05, 4.69) is 59.0 Å². The van der Waals surface area contributed by atoms with Crippen molar-refractivity contribution >= 4 is 51.2 Å². The van der Waals surface area contributed by atoms with Crippen molar-refractivity contribution in [3.63, 3.8) is 0 Å². The van der Waals surface area contributed by atoms with E-state index in [1.165, 1.54) is 4.90 Å². The number of benzene rings is 3. The first-order valence-corrected chi connectivity index (χ1v) is 14.7. The summed E-state index contributed by atoms with van der Waals surface area (Å²) in [4.78, 5) is 23.2. The maximum Gasteiger partial charge on any atom is 0.251 e. The number of carbonyl (C=O) groups excluding carboxylic acids is 1. The molecule has 0 aliphatic heterocycles. The summed E-state index contributed by atoms with van der Waals surface area (Å²) >= 11 is 7.93. The minimum Gasteiger partial charge on any atom is -0.361 e. The number of nitrogens with zero attached hydrogens (tertiary/aromatic N) is 2. The molecule has 38 heavy (non-hydrogen) atoms. The fraction of sp³-hybridized carbons (Fsp3) is 0.290. The monoisotopic (exact) mass is 544 g/mol. The summed E-state index contributed by atoms with van der Waals surface area (Å²) in [5.74, 6) is 1.83. The number of carbonyl (C=O) groups is 1. The second-order valence-electron chi connectivity index (χ2n) is 9.57. The molecule has 1 atom stereocenters. The van der Waals surface area contributed by atoms with Gasteiger partial charge < -0.3 is 14.9 Å². The minimum absolute atomic E-state index is 0.139. The van der Waals surface area contributed by atoms with Crippen LogP contribution in [0.15, 0.2) is 77.8 Å². The molecule has 196 valence electrons. The van der Waals surface area contributed by atoms with Gasteiger partial charge in [0.15, 0.2) is 0 Å². The first-order chi connectivity index (χ1) is 18.6. The number of thioether (sulfide) groups is 1. The average Bonchev–Trinajstić information content (AvgIpc) is 3.51. The number of fused-ring (bicyclic) bond motifs is 2. The van der Waals surface area contributed by atoms with Gasteiger partial charge in [-0.25, -0.2) is 4.98 Å². The van der Waals surface area contributed by atoms with E-state index in [0.717, 1.165) is 64.9 Å². The van der Waals surface area contributed by atoms with Crippen LogP contribution in [0.4, 0.5) is 0 Å². The summed E-state index contributed by atoms with van der Waals surface area (Å²) in [7, 11) is 0. The van der Waals surface area contributed by atoms with E-state index < -0.39 is 0 Å². The van der Waals surface area contributed by atoms with Gasteiger partial charge in [-0.05, 0) is 72.7 Å². The highest BCUT2D eigenvalue weighted by Gasteiger charge is 2.24. The van der Waals surface area contributed by atoms with Crippen LogP contribution in [0.1, 0.15) is 60.9 Å². The highest BCUT2D eigenvalue weighted by molar-refractivity contribution is 7.99. The Kier molecular flexibility index (Phi) is 8.40. The molecule has 7 heteroatoms. The third-order valence-corrected chi connectivity index (χ3v) is 8.23. The van der Waals surface area contributed by atoms with Crippen molar-refractivity contribution in [2.75, 3.05) is 5.75 Å². The number of imidazole rings is 1. The number of amides is 1. The van der Waals surface area contributed by atoms with Gasteiger partial charge in [-0.3, -0.25) is 4.79 Å². The van der Waals surface area contributed by atoms with Crippen LogP contribution in [-0.2, 0) is 13.0 Å². The highest BCUT2D eigenvalue weighted by Crippen LogP contribution is 2.30. The lowest BCUT2D eigenvalue weighted by Crippen LogP contribution is -2.32. The molecule has 1 unspecified atom stereocenters. The Morgan fingerprint density at radius 2 is 1.89 bits per heavy atom. The number of hydrogen-bond donors (Lipinski definition) is 2. The Hall–Kier alpha value is -3.22. The van der Waals surface area contributed by atoms with E-state index in [9.17, 15) is 4.79 Å². The Balaban J connectivity index is 1.58. The molecule has 2 N–H and O–H groups in total. The van der Waals surface area contributed by atoms with Gasteiger partial charge in [-0.15, -0.1) is 11.8 Å². The Labute approximate surface area is 233 Å². The zero-order valence-electron chi connectivity index (χ0n) is 21.8. The van der Waals surface area contributed by atoms with Gasteiger partial charge in [0.25, 0.3) is 5.91 Å². The van der Waals surface area contributed by atoms with Crippen molar-refractivity contribution in [3.8, 4) is 0 Å². The average molecular weight is 545 g/mol. The highest BCUT2D eigenvalue weighted by atomic mass is 35.5. The van der Waals surface area contributed by atoms with Crippen LogP contribution < -0.4 is 5.32 Å². The fourth-order valence-electron chi connectivity index (χ4n) is 4.83. The van der Waals surface area contributed by atoms with Gasteiger partial charge in [-0.1, -0.05) is 50.1 Å². The Bertz CT molecular complexity index is 1540. The summed E-state index contributed by atoms with van der Waals surface area (Å²) < 4.78 is 2.30. The molecule has 2 heterocycles. The van der Waals surface area contributed by atoms with Crippen molar-refractivity contribution in [2.24, 2.45) is 0 Å². The lowest BCUT2D eigenvalue weighted by atomic mass is 10.0. The van der Waals surface area contributed by atoms with Crippen molar-refractivity contribution < 1.29 is 4.79 Å². The second kappa shape index (κ2) is 12.1. The van der Waals surface area contributed by atoms with E-state index in [4.69, 9.17) is 16.6 Å². The maximum atomic E-state index is 13.4. The molecule has 0 bridgehead atoms. The third kappa shape index (κ3) is 5.77. The number of hydrogen-bond acceptors (Lipinski definition) is 3. The van der Waals surface area contributed by atoms with Crippen molar-refractivity contribution in [1.29, 1.82) is 0 Å². The third-order valence-electron chi connectivity index (χ3n) is 6.78. The molecule has 3 aromatic carbocycles. The van der Waals surface area contributed by atoms with E-state index in [1.807, 2.05) is 30.1 Å². The summed E-state index contributed by atoms with van der Waals surface area (Å²) in [6.07, 6.45) is 5.91. The first-order valence-electron chi connectivity index (χ1n) is 13.3. The fourth-order valence-corrected chi connectivity index (χ4v) is 5.75. The van der Waals surface area contributed by atoms with Gasteiger partial charge in [0, 0.05) is 45.5 Å². The number of nitrogens with one attached hydrogen (secondary N) is 2. The number of aryl methyl sites for hydroxylation is 1. The van der Waals surface area contributed by atoms with E-state index in [1.54, 1.807) is 24.3 Å². The zero-order valence-corrected chi connectivity index (χ0v) is 23.4. The van der Waals surface area contributed by atoms with Crippen LogP contribution in [0, 0.1) is 0 Å². The minimum atomic E-state index is -0.312. The SMILES string of the molecule is CCCCn1c(C(Cc2c[nH]c3ccccc23)NC(=O)c2ccc(Cl)cc2)nc2cc(SCCC)ccc21. The molecule has 1 amide bonds. The van der Waals surface area contributed by atoms with Crippen LogP contribution in [0.3, 0.4) is 0 Å². The largest absolute Gasteiger partial charge is 0.361 e. The smallest absolute Gasteiger partial charge is 0.251 e. The normalized spacial score (nSPS) is 12.3. The number of halogens is 1. The summed E-state index contributed by atoms with van der Waals surface area (Å²) in [5.41, 5.74) is 4.89. The predicted octanol–water partition coefficient (Wildman–Crippen LogP) is 8.19. The van der Waals surface area contributed by atoms with Crippen LogP contribution in [-0.4, -0.2) is 26.2 Å². The number of unbranched alkanes of at least 4 members (excludes halogenated alkanes) is 1. The van der Waals surface area contributed by atoms with Crippen LogP contribution in [0.25, 0.3) is 21.9 Å². The molecule has 0 fully saturated rings. The van der Waals surface area contributed by atoms with Crippen molar-refractivity contribution in [2.45, 2.75) is 57.0 Å². The molecule has 5 aromatic rings. The summed E-state index contributed by atoms with van der Waals surface area (Å²) in [6.45, 7) is 5.25. The van der Waals surface area contributed by atoms with Gasteiger partial charge in [0.2, 0.25) is 0 Å². The predicted molar refractivity (Wildman–Crippen MR) is 159 cm³/mol. The van der Waals surface area contributed by atoms with Gasteiger partial charge in [0.05, 0.1) is 17.1 Å². The quantitative estimate of drug-likeness (QED) is 0.165. The lowest BCUT2D eigenvalue weighted by Gasteiger charge is -2.20. The first kappa shape index (κ1) is 26.4. The molecular weight excluding hydrogens is 512 g/mol. The van der Waals surface area contributed by atoms with Crippen LogP contribution >= 0.6 is 23.4 Å². The van der Waals surface area contributed by atoms with Crippen LogP contribution in [0.2, 0.25) is 5.02 Å². The molecule has 5 rings (SSSR count). The molecule has 0 aliphatic carbocycles. The van der Waals surface area contributed by atoms with Crippen LogP contribution in [0.5, 0.6) is 0 Å². The van der Waals surface area contributed by atoms with Gasteiger partial charge in [0.1, 0.15) is 5.82 Å². The number of aromatic nitrogens is 3. The molecule has 0 spiro atoms. The number of H-pyrrole nitrogens is 1. The van der Waals surface area contributed by atoms with E-state index in [-0.39, 0.29) is 11.9 Å². The Morgan fingerprint density at radius 3 is 2.68 bits per heavy atom. The molecule has 0 saturated heterocycles. The lowest BCUT2D eigenvalue weighted by molar-refractivity contribution is 0.0934. The molecular formula is C31H33ClN4OS. The summed E-state index contributed by atoms with van der Waals surface area (Å²) in [6, 6.07) is 21.5. The van der Waals surface area contributed by atoms with Crippen molar-refractivity contribution in [3.05, 3.63) is 94.9 Å². The van der Waals surface area contributed by atoms with E-state index in [0.29, 0.717) is 17.0 Å². The number of para-hydroxylation sites is 1. The van der Waals surface area contributed by atoms with Crippen molar-refractivity contribution in [1.82, 2.24) is 19.9 Å². The topological polar surface area (TPSA) is 62.7 Å². The standard InChI is InChI=1S/C31H33ClN4OS/c1-3-5-16-36-29-15-14-24(38-17-4-2)19-27(29)34-30(36)28(35-31(37)21-10-12-23(32)13-11-21)18-22-20-33-26-9-7-6-8-25(22)26/h6-15,19-20,28,33H,3-5,16-18H2,1-2H3,(H,35,37). The number of rotatable bonds is 11. The molecule has 0 radical (unpaired) electrons. The maximum absolute atomic E-state index is 13.4. The zero-order chi connectivity index (χ0) is 26.5. The summed E-state index contributed by atoms with van der Waals surface area (Å²) in [5, 5.41) is 5.08. The number of aromatic amines is 1. The molecule has 0 saturated carbocycles. The Morgan fingerprint density at radius 1 is 1.08 bits per heavy atom.